The number of rotatable bonds is 9. The number of furan rings is 1. The summed E-state index contributed by atoms with van der Waals surface area (Å²) in [5, 5.41) is 4.65. The van der Waals surface area contributed by atoms with Crippen LogP contribution in [-0.2, 0) is 11.3 Å². The summed E-state index contributed by atoms with van der Waals surface area (Å²) in [7, 11) is 1.64. The maximum absolute atomic E-state index is 6.64. The first-order valence-electron chi connectivity index (χ1n) is 12.1. The number of pyridine rings is 1. The smallest absolute Gasteiger partial charge is 0.174 e. The van der Waals surface area contributed by atoms with E-state index in [2.05, 4.69) is 39.7 Å². The second kappa shape index (κ2) is 11.0. The molecular weight excluding hydrogens is 508 g/mol. The predicted molar refractivity (Wildman–Crippen MR) is 148 cm³/mol. The SMILES string of the molecule is COCCOc1ccc(N2C(=S)N[C@@H](c3ccccn3)[C@H]2c2cc(C)n(Cc3ccco3)c2C)cc1Cl. The second-order valence-electron chi connectivity index (χ2n) is 8.94. The average Bonchev–Trinajstić information content (AvgIpc) is 3.60. The first kappa shape index (κ1) is 25.3. The van der Waals surface area contributed by atoms with Gasteiger partial charge in [-0.1, -0.05) is 17.7 Å². The van der Waals surface area contributed by atoms with Gasteiger partial charge in [0.25, 0.3) is 0 Å². The summed E-state index contributed by atoms with van der Waals surface area (Å²) in [5.74, 6) is 1.51. The fraction of sp³-hybridized carbons (Fsp3) is 0.286. The number of benzene rings is 1. The third-order valence-corrected chi connectivity index (χ3v) is 7.27. The fourth-order valence-electron chi connectivity index (χ4n) is 4.87. The van der Waals surface area contributed by atoms with Crippen LogP contribution >= 0.6 is 23.8 Å². The summed E-state index contributed by atoms with van der Waals surface area (Å²) in [6.45, 7) is 5.82. The van der Waals surface area contributed by atoms with E-state index in [9.17, 15) is 0 Å². The summed E-state index contributed by atoms with van der Waals surface area (Å²) in [6.07, 6.45) is 3.51. The molecule has 0 amide bonds. The van der Waals surface area contributed by atoms with Crippen LogP contribution in [0.2, 0.25) is 5.02 Å². The van der Waals surface area contributed by atoms with Crippen molar-refractivity contribution < 1.29 is 13.9 Å². The molecule has 1 aliphatic rings. The van der Waals surface area contributed by atoms with Gasteiger partial charge in [0.15, 0.2) is 5.11 Å². The standard InChI is InChI=1S/C28H29ClN4O3S/c1-18-15-22(19(2)32(18)17-21-7-6-12-35-21)27-26(24-8-4-5-11-30-24)31-28(37)33(27)20-9-10-25(23(29)16-20)36-14-13-34-3/h4-12,15-16,26-27H,13-14,17H2,1-3H3,(H,31,37)/t26-,27+/m0/s1. The summed E-state index contributed by atoms with van der Waals surface area (Å²) < 4.78 is 18.7. The highest BCUT2D eigenvalue weighted by Crippen LogP contribution is 2.44. The number of ether oxygens (including phenoxy) is 2. The highest BCUT2D eigenvalue weighted by molar-refractivity contribution is 7.80. The number of hydrogen-bond donors (Lipinski definition) is 1. The number of anilines is 1. The Morgan fingerprint density at radius 1 is 1.11 bits per heavy atom. The normalized spacial score (nSPS) is 17.3. The van der Waals surface area contributed by atoms with E-state index in [1.807, 2.05) is 54.7 Å². The van der Waals surface area contributed by atoms with Crippen molar-refractivity contribution in [2.24, 2.45) is 0 Å². The molecule has 1 saturated heterocycles. The van der Waals surface area contributed by atoms with Crippen LogP contribution in [0.5, 0.6) is 5.75 Å². The number of thiocarbonyl (C=S) groups is 1. The Balaban J connectivity index is 1.56. The van der Waals surface area contributed by atoms with Gasteiger partial charge in [0.2, 0.25) is 0 Å². The van der Waals surface area contributed by atoms with E-state index in [-0.39, 0.29) is 12.1 Å². The molecule has 2 atom stereocenters. The molecular formula is C28H29ClN4O3S. The molecule has 5 rings (SSSR count). The van der Waals surface area contributed by atoms with Gasteiger partial charge in [0.1, 0.15) is 18.1 Å². The van der Waals surface area contributed by atoms with E-state index in [0.717, 1.165) is 34.1 Å². The van der Waals surface area contributed by atoms with Crippen molar-refractivity contribution in [3.63, 3.8) is 0 Å². The minimum atomic E-state index is -0.150. The lowest BCUT2D eigenvalue weighted by Gasteiger charge is -2.28. The van der Waals surface area contributed by atoms with Gasteiger partial charge < -0.3 is 28.7 Å². The van der Waals surface area contributed by atoms with Crippen LogP contribution in [-0.4, -0.2) is 35.0 Å². The number of halogens is 1. The van der Waals surface area contributed by atoms with Gasteiger partial charge in [-0.05, 0) is 80.2 Å². The Kier molecular flexibility index (Phi) is 7.50. The van der Waals surface area contributed by atoms with Crippen molar-refractivity contribution in [2.75, 3.05) is 25.2 Å². The van der Waals surface area contributed by atoms with Crippen molar-refractivity contribution in [2.45, 2.75) is 32.5 Å². The zero-order chi connectivity index (χ0) is 25.9. The number of nitrogens with one attached hydrogen (secondary N) is 1. The Bertz CT molecular complexity index is 1370. The van der Waals surface area contributed by atoms with Crippen molar-refractivity contribution in [1.82, 2.24) is 14.9 Å². The maximum atomic E-state index is 6.64. The molecule has 4 heterocycles. The Morgan fingerprint density at radius 3 is 2.68 bits per heavy atom. The minimum absolute atomic E-state index is 0.143. The molecule has 0 saturated carbocycles. The molecule has 1 aliphatic heterocycles. The lowest BCUT2D eigenvalue weighted by atomic mass is 9.96. The zero-order valence-corrected chi connectivity index (χ0v) is 22.6. The van der Waals surface area contributed by atoms with Crippen LogP contribution in [0.15, 0.2) is 71.5 Å². The Hall–Kier alpha value is -3.33. The molecule has 1 fully saturated rings. The molecule has 1 N–H and O–H groups in total. The number of hydrogen-bond acceptors (Lipinski definition) is 5. The van der Waals surface area contributed by atoms with Crippen molar-refractivity contribution in [3.05, 3.63) is 100 Å². The molecule has 4 aromatic rings. The summed E-state index contributed by atoms with van der Waals surface area (Å²) >= 11 is 12.5. The largest absolute Gasteiger partial charge is 0.490 e. The number of aryl methyl sites for hydroxylation is 1. The third-order valence-electron chi connectivity index (χ3n) is 6.66. The van der Waals surface area contributed by atoms with Crippen LogP contribution < -0.4 is 15.0 Å². The fourth-order valence-corrected chi connectivity index (χ4v) is 5.44. The van der Waals surface area contributed by atoms with Gasteiger partial charge in [-0.15, -0.1) is 0 Å². The molecule has 1 aromatic carbocycles. The van der Waals surface area contributed by atoms with Crippen LogP contribution in [0.4, 0.5) is 5.69 Å². The van der Waals surface area contributed by atoms with Crippen LogP contribution in [0, 0.1) is 13.8 Å². The molecule has 0 spiro atoms. The number of nitrogens with zero attached hydrogens (tertiary/aromatic N) is 3. The Morgan fingerprint density at radius 2 is 1.97 bits per heavy atom. The van der Waals surface area contributed by atoms with Gasteiger partial charge in [-0.25, -0.2) is 0 Å². The van der Waals surface area contributed by atoms with Crippen LogP contribution in [0.3, 0.4) is 0 Å². The third kappa shape index (κ3) is 5.09. The summed E-state index contributed by atoms with van der Waals surface area (Å²) in [4.78, 5) is 6.79. The van der Waals surface area contributed by atoms with Gasteiger partial charge in [0, 0.05) is 30.4 Å². The number of aromatic nitrogens is 2. The van der Waals surface area contributed by atoms with E-state index in [4.69, 9.17) is 37.7 Å². The molecule has 0 radical (unpaired) electrons. The van der Waals surface area contributed by atoms with E-state index >= 15 is 0 Å². The lowest BCUT2D eigenvalue weighted by Crippen LogP contribution is -2.29. The topological polar surface area (TPSA) is 64.7 Å². The molecule has 37 heavy (non-hydrogen) atoms. The average molecular weight is 537 g/mol. The summed E-state index contributed by atoms with van der Waals surface area (Å²) in [5.41, 5.74) is 5.23. The van der Waals surface area contributed by atoms with E-state index < -0.39 is 0 Å². The molecule has 192 valence electrons. The minimum Gasteiger partial charge on any atom is -0.490 e. The van der Waals surface area contributed by atoms with Gasteiger partial charge in [-0.2, -0.15) is 0 Å². The quantitative estimate of drug-likeness (QED) is 0.208. The molecule has 9 heteroatoms. The monoisotopic (exact) mass is 536 g/mol. The second-order valence-corrected chi connectivity index (χ2v) is 9.74. The first-order valence-corrected chi connectivity index (χ1v) is 12.9. The predicted octanol–water partition coefficient (Wildman–Crippen LogP) is 6.00. The maximum Gasteiger partial charge on any atom is 0.174 e. The Labute approximate surface area is 227 Å². The molecule has 0 bridgehead atoms. The molecule has 7 nitrogen and oxygen atoms in total. The molecule has 0 unspecified atom stereocenters. The summed E-state index contributed by atoms with van der Waals surface area (Å²) in [6, 6.07) is 17.5. The zero-order valence-electron chi connectivity index (χ0n) is 21.0. The van der Waals surface area contributed by atoms with Crippen LogP contribution in [0.25, 0.3) is 0 Å². The van der Waals surface area contributed by atoms with Gasteiger partial charge >= 0.3 is 0 Å². The van der Waals surface area contributed by atoms with Crippen molar-refractivity contribution >= 4 is 34.6 Å². The van der Waals surface area contributed by atoms with Crippen molar-refractivity contribution in [3.8, 4) is 5.75 Å². The van der Waals surface area contributed by atoms with Gasteiger partial charge in [-0.3, -0.25) is 4.98 Å². The molecule has 0 aliphatic carbocycles. The first-order chi connectivity index (χ1) is 18.0. The van der Waals surface area contributed by atoms with Gasteiger partial charge in [0.05, 0.1) is 42.2 Å². The van der Waals surface area contributed by atoms with E-state index in [0.29, 0.717) is 35.6 Å². The van der Waals surface area contributed by atoms with E-state index in [1.165, 1.54) is 0 Å². The highest BCUT2D eigenvalue weighted by Gasteiger charge is 2.42. The molecule has 3 aromatic heterocycles. The highest BCUT2D eigenvalue weighted by atomic mass is 35.5. The van der Waals surface area contributed by atoms with Crippen molar-refractivity contribution in [1.29, 1.82) is 0 Å². The number of methoxy groups -OCH3 is 1. The lowest BCUT2D eigenvalue weighted by molar-refractivity contribution is 0.146. The van der Waals surface area contributed by atoms with E-state index in [1.54, 1.807) is 13.4 Å². The van der Waals surface area contributed by atoms with Crippen LogP contribution in [0.1, 0.15) is 40.5 Å².